The highest BCUT2D eigenvalue weighted by Gasteiger charge is 2.33. The summed E-state index contributed by atoms with van der Waals surface area (Å²) in [6.45, 7) is 5.81. The number of hydrogen-bond donors (Lipinski definition) is 1. The molecule has 0 bridgehead atoms. The first-order chi connectivity index (χ1) is 19.4. The Balaban J connectivity index is 2.10. The van der Waals surface area contributed by atoms with Crippen LogP contribution in [0.3, 0.4) is 0 Å². The summed E-state index contributed by atoms with van der Waals surface area (Å²) in [5, 5.41) is 3.74. The highest BCUT2D eigenvalue weighted by atomic mass is 35.5. The van der Waals surface area contributed by atoms with E-state index in [-0.39, 0.29) is 24.8 Å². The van der Waals surface area contributed by atoms with Crippen LogP contribution in [0.1, 0.15) is 37.5 Å². The van der Waals surface area contributed by atoms with E-state index in [0.717, 1.165) is 21.7 Å². The van der Waals surface area contributed by atoms with E-state index in [2.05, 4.69) is 5.32 Å². The van der Waals surface area contributed by atoms with E-state index < -0.39 is 28.5 Å². The Morgan fingerprint density at radius 1 is 0.927 bits per heavy atom. The first-order valence-corrected chi connectivity index (χ1v) is 16.1. The van der Waals surface area contributed by atoms with Crippen LogP contribution in [0.25, 0.3) is 0 Å². The second kappa shape index (κ2) is 14.7. The van der Waals surface area contributed by atoms with Crippen LogP contribution in [0.4, 0.5) is 5.69 Å². The molecule has 0 heterocycles. The van der Waals surface area contributed by atoms with Crippen LogP contribution in [-0.2, 0) is 39.0 Å². The van der Waals surface area contributed by atoms with Crippen LogP contribution in [0, 0.1) is 5.92 Å². The van der Waals surface area contributed by atoms with Gasteiger partial charge in [0.05, 0.1) is 11.9 Å². The molecule has 0 aliphatic rings. The molecule has 7 nitrogen and oxygen atoms in total. The van der Waals surface area contributed by atoms with Crippen molar-refractivity contribution in [3.63, 3.8) is 0 Å². The maximum atomic E-state index is 14.2. The summed E-state index contributed by atoms with van der Waals surface area (Å²) in [5.74, 6) is -0.675. The molecule has 0 saturated carbocycles. The number of amides is 2. The molecule has 2 amide bonds. The Labute approximate surface area is 253 Å². The predicted octanol–water partition coefficient (Wildman–Crippen LogP) is 5.73. The second-order valence-corrected chi connectivity index (χ2v) is 13.1. The number of sulfonamides is 1. The van der Waals surface area contributed by atoms with Crippen molar-refractivity contribution in [2.24, 2.45) is 5.92 Å². The standard InChI is InChI=1S/C31H37Cl2N3O4S/c1-5-24-13-9-10-14-28(24)36(41(4,39)40)21-30(37)35(20-25-15-16-26(32)18-27(25)33)29(31(38)34-19-22(2)3)17-23-11-7-6-8-12-23/h6-16,18,22,29H,5,17,19-21H2,1-4H3,(H,34,38)/t29-/m0/s1. The molecular formula is C31H37Cl2N3O4S. The maximum Gasteiger partial charge on any atom is 0.244 e. The zero-order valence-electron chi connectivity index (χ0n) is 23.8. The van der Waals surface area contributed by atoms with Crippen LogP contribution in [0.15, 0.2) is 72.8 Å². The molecule has 0 spiro atoms. The Morgan fingerprint density at radius 2 is 1.59 bits per heavy atom. The van der Waals surface area contributed by atoms with Gasteiger partial charge in [0.15, 0.2) is 0 Å². The first kappa shape index (κ1) is 32.4. The third-order valence-electron chi connectivity index (χ3n) is 6.63. The van der Waals surface area contributed by atoms with Crippen molar-refractivity contribution >= 4 is 50.7 Å². The fraction of sp³-hybridized carbons (Fsp3) is 0.355. The molecule has 220 valence electrons. The third kappa shape index (κ3) is 9.21. The molecule has 0 radical (unpaired) electrons. The zero-order valence-corrected chi connectivity index (χ0v) is 26.1. The SMILES string of the molecule is CCc1ccccc1N(CC(=O)N(Cc1ccc(Cl)cc1Cl)[C@@H](Cc1ccccc1)C(=O)NCC(C)C)S(C)(=O)=O. The summed E-state index contributed by atoms with van der Waals surface area (Å²) in [4.78, 5) is 29.3. The van der Waals surface area contributed by atoms with E-state index in [1.807, 2.05) is 63.2 Å². The molecule has 3 aromatic carbocycles. The zero-order chi connectivity index (χ0) is 30.2. The first-order valence-electron chi connectivity index (χ1n) is 13.5. The van der Waals surface area contributed by atoms with Crippen molar-refractivity contribution in [2.45, 2.75) is 46.2 Å². The number of carbonyl (C=O) groups excluding carboxylic acids is 2. The second-order valence-electron chi connectivity index (χ2n) is 10.4. The predicted molar refractivity (Wildman–Crippen MR) is 167 cm³/mol. The summed E-state index contributed by atoms with van der Waals surface area (Å²) >= 11 is 12.6. The highest BCUT2D eigenvalue weighted by molar-refractivity contribution is 7.92. The van der Waals surface area contributed by atoms with E-state index in [4.69, 9.17) is 23.2 Å². The molecular weight excluding hydrogens is 581 g/mol. The molecule has 0 saturated heterocycles. The number of benzene rings is 3. The van der Waals surface area contributed by atoms with E-state index >= 15 is 0 Å². The average molecular weight is 619 g/mol. The molecule has 41 heavy (non-hydrogen) atoms. The van der Waals surface area contributed by atoms with Crippen molar-refractivity contribution in [2.75, 3.05) is 23.7 Å². The molecule has 3 rings (SSSR count). The summed E-state index contributed by atoms with van der Waals surface area (Å²) in [6.07, 6.45) is 1.88. The third-order valence-corrected chi connectivity index (χ3v) is 8.35. The molecule has 10 heteroatoms. The average Bonchev–Trinajstić information content (AvgIpc) is 2.93. The summed E-state index contributed by atoms with van der Waals surface area (Å²) in [6, 6.07) is 20.5. The van der Waals surface area contributed by atoms with Gasteiger partial charge in [-0.3, -0.25) is 13.9 Å². The van der Waals surface area contributed by atoms with Gasteiger partial charge in [0, 0.05) is 29.6 Å². The fourth-order valence-electron chi connectivity index (χ4n) is 4.46. The number of para-hydroxylation sites is 1. The van der Waals surface area contributed by atoms with Crippen molar-refractivity contribution in [1.29, 1.82) is 0 Å². The lowest BCUT2D eigenvalue weighted by Crippen LogP contribution is -2.53. The van der Waals surface area contributed by atoms with E-state index in [1.165, 1.54) is 4.90 Å². The van der Waals surface area contributed by atoms with Crippen molar-refractivity contribution in [1.82, 2.24) is 10.2 Å². The quantitative estimate of drug-likeness (QED) is 0.265. The minimum Gasteiger partial charge on any atom is -0.354 e. The lowest BCUT2D eigenvalue weighted by atomic mass is 10.0. The topological polar surface area (TPSA) is 86.8 Å². The van der Waals surface area contributed by atoms with Crippen molar-refractivity contribution in [3.05, 3.63) is 99.5 Å². The molecule has 0 fully saturated rings. The van der Waals surface area contributed by atoms with E-state index in [0.29, 0.717) is 34.3 Å². The fourth-order valence-corrected chi connectivity index (χ4v) is 5.81. The van der Waals surface area contributed by atoms with Crippen LogP contribution >= 0.6 is 23.2 Å². The van der Waals surface area contributed by atoms with Gasteiger partial charge >= 0.3 is 0 Å². The van der Waals surface area contributed by atoms with Gasteiger partial charge < -0.3 is 10.2 Å². The molecule has 3 aromatic rings. The smallest absolute Gasteiger partial charge is 0.244 e. The number of rotatable bonds is 13. The van der Waals surface area contributed by atoms with Crippen LogP contribution in [0.5, 0.6) is 0 Å². The van der Waals surface area contributed by atoms with Gasteiger partial charge in [-0.2, -0.15) is 0 Å². The summed E-state index contributed by atoms with van der Waals surface area (Å²) < 4.78 is 27.1. The van der Waals surface area contributed by atoms with Gasteiger partial charge in [0.1, 0.15) is 12.6 Å². The maximum absolute atomic E-state index is 14.2. The normalized spacial score (nSPS) is 12.2. The Kier molecular flexibility index (Phi) is 11.6. The van der Waals surface area contributed by atoms with Gasteiger partial charge in [-0.05, 0) is 47.2 Å². The molecule has 1 atom stereocenters. The Morgan fingerprint density at radius 3 is 2.20 bits per heavy atom. The van der Waals surface area contributed by atoms with Gasteiger partial charge in [0.25, 0.3) is 0 Å². The minimum atomic E-state index is -3.85. The number of hydrogen-bond acceptors (Lipinski definition) is 4. The molecule has 1 N–H and O–H groups in total. The summed E-state index contributed by atoms with van der Waals surface area (Å²) in [5.41, 5.74) is 2.65. The largest absolute Gasteiger partial charge is 0.354 e. The molecule has 0 aromatic heterocycles. The Bertz CT molecular complexity index is 1450. The number of nitrogens with zero attached hydrogens (tertiary/aromatic N) is 2. The van der Waals surface area contributed by atoms with Crippen molar-refractivity contribution < 1.29 is 18.0 Å². The van der Waals surface area contributed by atoms with Crippen LogP contribution < -0.4 is 9.62 Å². The molecule has 0 aliphatic heterocycles. The number of carbonyl (C=O) groups is 2. The number of anilines is 1. The molecule has 0 unspecified atom stereocenters. The minimum absolute atomic E-state index is 0.0194. The van der Waals surface area contributed by atoms with Gasteiger partial charge in [-0.1, -0.05) is 98.6 Å². The Hall–Kier alpha value is -3.07. The highest BCUT2D eigenvalue weighted by Crippen LogP contribution is 2.27. The lowest BCUT2D eigenvalue weighted by molar-refractivity contribution is -0.140. The number of halogens is 2. The van der Waals surface area contributed by atoms with Gasteiger partial charge in [-0.25, -0.2) is 8.42 Å². The van der Waals surface area contributed by atoms with Crippen LogP contribution in [0.2, 0.25) is 10.0 Å². The van der Waals surface area contributed by atoms with E-state index in [9.17, 15) is 18.0 Å². The van der Waals surface area contributed by atoms with Gasteiger partial charge in [-0.15, -0.1) is 0 Å². The monoisotopic (exact) mass is 617 g/mol. The van der Waals surface area contributed by atoms with E-state index in [1.54, 1.807) is 30.3 Å². The number of aryl methyl sites for hydroxylation is 1. The van der Waals surface area contributed by atoms with Gasteiger partial charge in [0.2, 0.25) is 21.8 Å². The van der Waals surface area contributed by atoms with Crippen LogP contribution in [-0.4, -0.2) is 50.5 Å². The molecule has 0 aliphatic carbocycles. The lowest BCUT2D eigenvalue weighted by Gasteiger charge is -2.34. The van der Waals surface area contributed by atoms with Crippen molar-refractivity contribution in [3.8, 4) is 0 Å². The summed E-state index contributed by atoms with van der Waals surface area (Å²) in [7, 11) is -3.85. The number of nitrogens with one attached hydrogen (secondary N) is 1.